The number of hydrogen-bond donors (Lipinski definition) is 1. The monoisotopic (exact) mass is 535 g/mol. The van der Waals surface area contributed by atoms with Gasteiger partial charge in [0.1, 0.15) is 0 Å². The van der Waals surface area contributed by atoms with Gasteiger partial charge in [-0.2, -0.15) is 65.9 Å². The molecule has 0 spiro atoms. The topological polar surface area (TPSA) is 57.6 Å². The van der Waals surface area contributed by atoms with Gasteiger partial charge in [0, 0.05) is 10.9 Å². The number of amides is 1. The van der Waals surface area contributed by atoms with Crippen molar-refractivity contribution in [3.63, 3.8) is 0 Å². The summed E-state index contributed by atoms with van der Waals surface area (Å²) < 4.78 is 211. The third-order valence-corrected chi connectivity index (χ3v) is 3.11. The van der Waals surface area contributed by atoms with Crippen LogP contribution >= 0.6 is 0 Å². The van der Waals surface area contributed by atoms with Gasteiger partial charge in [-0.1, -0.05) is 15.5 Å². The van der Waals surface area contributed by atoms with Crippen LogP contribution in [-0.4, -0.2) is 64.0 Å². The number of alkyl halides is 15. The molecule has 0 bridgehead atoms. The van der Waals surface area contributed by atoms with Crippen LogP contribution in [-0.2, 0) is 9.59 Å². The maximum absolute atomic E-state index is 12.9. The second kappa shape index (κ2) is 9.03. The van der Waals surface area contributed by atoms with Gasteiger partial charge in [0.05, 0.1) is 0 Å². The van der Waals surface area contributed by atoms with E-state index in [2.05, 4.69) is 6.58 Å². The van der Waals surface area contributed by atoms with E-state index in [-0.39, 0.29) is 5.57 Å². The molecule has 1 N–H and O–H groups in total. The molecule has 0 heterocycles. The highest BCUT2D eigenvalue weighted by atomic mass is 19.4. The summed E-state index contributed by atoms with van der Waals surface area (Å²) in [5.41, 5.74) is 0.176. The Morgan fingerprint density at radius 1 is 0.636 bits per heavy atom. The van der Waals surface area contributed by atoms with Gasteiger partial charge in [-0.05, 0) is 6.92 Å². The first-order valence-electron chi connectivity index (χ1n) is 6.88. The largest absolute Gasteiger partial charge is 0.478 e. The molecule has 1 amide bonds. The first-order valence-corrected chi connectivity index (χ1v) is 6.88. The molecule has 21 heteroatoms. The van der Waals surface area contributed by atoms with Crippen LogP contribution in [0.15, 0.2) is 12.2 Å². The summed E-state index contributed by atoms with van der Waals surface area (Å²) in [6, 6.07) is 0. The molecule has 0 atom stereocenters. The van der Waals surface area contributed by atoms with Crippen LogP contribution in [0.5, 0.6) is 0 Å². The SMILES string of the molecule is C=C(C)C(=O)O.O=C(N(F)F)C(F)(F)C(F)(F)C(F)(F)C(F)(F)C(F)(F)C(F)(F)C(F)(F)F. The molecule has 0 aliphatic heterocycles. The molecule has 0 unspecified atom stereocenters. The molecule has 0 aromatic heterocycles. The third kappa shape index (κ3) is 5.20. The highest BCUT2D eigenvalue weighted by molar-refractivity contribution is 5.84. The van der Waals surface area contributed by atoms with E-state index in [1.54, 1.807) is 0 Å². The number of carbonyl (C=O) groups is 2. The highest BCUT2D eigenvalue weighted by Gasteiger charge is 2.94. The van der Waals surface area contributed by atoms with Crippen molar-refractivity contribution < 1.29 is 89.5 Å². The van der Waals surface area contributed by atoms with Crippen LogP contribution in [0.25, 0.3) is 0 Å². The van der Waals surface area contributed by atoms with Gasteiger partial charge in [-0.25, -0.2) is 4.79 Å². The van der Waals surface area contributed by atoms with Crippen molar-refractivity contribution in [3.8, 4) is 0 Å². The van der Waals surface area contributed by atoms with Gasteiger partial charge in [-0.3, -0.25) is 4.79 Å². The van der Waals surface area contributed by atoms with E-state index in [0.29, 0.717) is 0 Å². The lowest BCUT2D eigenvalue weighted by atomic mass is 9.91. The van der Waals surface area contributed by atoms with Gasteiger partial charge in [0.15, 0.2) is 0 Å². The van der Waals surface area contributed by atoms with Crippen molar-refractivity contribution in [1.29, 1.82) is 0 Å². The molecule has 0 aliphatic carbocycles. The second-order valence-corrected chi connectivity index (χ2v) is 5.57. The molecule has 4 nitrogen and oxygen atoms in total. The van der Waals surface area contributed by atoms with E-state index < -0.39 is 58.9 Å². The van der Waals surface area contributed by atoms with Crippen LogP contribution in [0.3, 0.4) is 0 Å². The molecule has 0 rings (SSSR count). The average molecular weight is 535 g/mol. The Bertz CT molecular complexity index is 743. The number of halogens is 17. The van der Waals surface area contributed by atoms with Crippen LogP contribution in [0, 0.1) is 0 Å². The first-order chi connectivity index (χ1) is 14.0. The van der Waals surface area contributed by atoms with Crippen molar-refractivity contribution in [2.75, 3.05) is 0 Å². The van der Waals surface area contributed by atoms with Crippen molar-refractivity contribution >= 4 is 11.9 Å². The van der Waals surface area contributed by atoms with Gasteiger partial charge >= 0.3 is 53.6 Å². The van der Waals surface area contributed by atoms with E-state index in [4.69, 9.17) is 5.11 Å². The van der Waals surface area contributed by atoms with Crippen LogP contribution in [0.4, 0.5) is 74.8 Å². The maximum Gasteiger partial charge on any atom is 0.460 e. The summed E-state index contributed by atoms with van der Waals surface area (Å²) in [5, 5.41) is 4.31. The Labute approximate surface area is 169 Å². The minimum absolute atomic E-state index is 0.176. The number of rotatable bonds is 7. The van der Waals surface area contributed by atoms with Gasteiger partial charge in [0.25, 0.3) is 0 Å². The standard InChI is InChI=1S/C8F17NO.C4H6O2/c9-2(10,1(27)26(24)25)3(11,12)4(13,14)5(15,16)6(17,18)7(19,20)8(21,22)23;1-3(2)4(5)6/h;1H2,2H3,(H,5,6). The van der Waals surface area contributed by atoms with E-state index >= 15 is 0 Å². The summed E-state index contributed by atoms with van der Waals surface area (Å²) in [6.45, 7) is 4.60. The molecule has 0 saturated heterocycles. The number of nitrogens with zero attached hydrogens (tertiary/aromatic N) is 1. The minimum atomic E-state index is -8.64. The average Bonchev–Trinajstić information content (AvgIpc) is 2.59. The molecular weight excluding hydrogens is 529 g/mol. The molecule has 33 heavy (non-hydrogen) atoms. The lowest BCUT2D eigenvalue weighted by Crippen LogP contribution is -2.73. The van der Waals surface area contributed by atoms with Crippen LogP contribution < -0.4 is 0 Å². The molecular formula is C12H6F17NO3. The van der Waals surface area contributed by atoms with Crippen molar-refractivity contribution in [2.45, 2.75) is 48.6 Å². The zero-order valence-electron chi connectivity index (χ0n) is 14.8. The predicted octanol–water partition coefficient (Wildman–Crippen LogP) is 5.61. The predicted molar refractivity (Wildman–Crippen MR) is 67.2 cm³/mol. The van der Waals surface area contributed by atoms with E-state index in [9.17, 15) is 84.4 Å². The number of carbonyl (C=O) groups excluding carboxylic acids is 1. The fraction of sp³-hybridized carbons (Fsp3) is 0.667. The summed E-state index contributed by atoms with van der Waals surface area (Å²) >= 11 is 0. The highest BCUT2D eigenvalue weighted by Crippen LogP contribution is 2.62. The van der Waals surface area contributed by atoms with Gasteiger partial charge < -0.3 is 5.11 Å². The molecule has 0 aromatic carbocycles. The molecule has 196 valence electrons. The summed E-state index contributed by atoms with van der Waals surface area (Å²) in [5.74, 6) is -55.5. The Morgan fingerprint density at radius 2 is 0.879 bits per heavy atom. The molecule has 0 aliphatic rings. The van der Waals surface area contributed by atoms with Gasteiger partial charge in [-0.15, -0.1) is 0 Å². The Balaban J connectivity index is 0. The molecule has 0 saturated carbocycles. The van der Waals surface area contributed by atoms with Crippen LogP contribution in [0.2, 0.25) is 0 Å². The number of hydrogen-bond acceptors (Lipinski definition) is 2. The van der Waals surface area contributed by atoms with E-state index in [0.717, 1.165) is 0 Å². The lowest BCUT2D eigenvalue weighted by Gasteiger charge is -2.40. The normalized spacial score (nSPS) is 14.2. The number of carboxylic acid groups (broad SMARTS) is 1. The first kappa shape index (κ1) is 32.7. The maximum atomic E-state index is 12.9. The number of aliphatic carboxylic acids is 1. The smallest absolute Gasteiger partial charge is 0.460 e. The quantitative estimate of drug-likeness (QED) is 0.262. The van der Waals surface area contributed by atoms with E-state index in [1.165, 1.54) is 6.92 Å². The van der Waals surface area contributed by atoms with E-state index in [1.807, 2.05) is 0 Å². The Hall–Kier alpha value is -2.51. The lowest BCUT2D eigenvalue weighted by molar-refractivity contribution is -0.450. The number of carboxylic acids is 1. The molecule has 0 fully saturated rings. The summed E-state index contributed by atoms with van der Waals surface area (Å²) in [7, 11) is 0. The fourth-order valence-electron chi connectivity index (χ4n) is 1.21. The zero-order valence-corrected chi connectivity index (χ0v) is 14.8. The summed E-state index contributed by atoms with van der Waals surface area (Å²) in [4.78, 5) is 19.6. The zero-order chi connectivity index (χ0) is 27.8. The molecule has 0 radical (unpaired) electrons. The summed E-state index contributed by atoms with van der Waals surface area (Å²) in [6.07, 6.45) is -7.78. The molecule has 0 aromatic rings. The van der Waals surface area contributed by atoms with Crippen molar-refractivity contribution in [1.82, 2.24) is 5.34 Å². The Kier molecular flexibility index (Phi) is 8.94. The van der Waals surface area contributed by atoms with Gasteiger partial charge in [0.2, 0.25) is 0 Å². The fourth-order valence-corrected chi connectivity index (χ4v) is 1.21. The Morgan fingerprint density at radius 3 is 1.09 bits per heavy atom. The second-order valence-electron chi connectivity index (χ2n) is 5.57. The van der Waals surface area contributed by atoms with Crippen molar-refractivity contribution in [3.05, 3.63) is 12.2 Å². The van der Waals surface area contributed by atoms with Crippen molar-refractivity contribution in [2.24, 2.45) is 0 Å². The van der Waals surface area contributed by atoms with Crippen LogP contribution in [0.1, 0.15) is 6.92 Å². The third-order valence-electron chi connectivity index (χ3n) is 3.11. The minimum Gasteiger partial charge on any atom is -0.478 e.